The second-order valence-electron chi connectivity index (χ2n) is 4.39. The molecule has 0 unspecified atom stereocenters. The number of anilines is 1. The third kappa shape index (κ3) is 3.44. The molecule has 0 aliphatic heterocycles. The maximum Gasteiger partial charge on any atom is 0.250 e. The lowest BCUT2D eigenvalue weighted by Crippen LogP contribution is -2.39. The fourth-order valence-electron chi connectivity index (χ4n) is 1.57. The van der Waals surface area contributed by atoms with Crippen LogP contribution in [0.2, 0.25) is 0 Å². The Hall–Kier alpha value is -0.630. The first-order chi connectivity index (χ1) is 8.39. The molecule has 0 spiro atoms. The van der Waals surface area contributed by atoms with Crippen LogP contribution in [-0.4, -0.2) is 26.7 Å². The third-order valence-corrected chi connectivity index (χ3v) is 6.19. The molecule has 0 atom stereocenters. The molecular weight excluding hydrogens is 272 g/mol. The van der Waals surface area contributed by atoms with Crippen molar-refractivity contribution in [2.24, 2.45) is 5.41 Å². The van der Waals surface area contributed by atoms with Crippen LogP contribution in [0.4, 0.5) is 5.69 Å². The van der Waals surface area contributed by atoms with Gasteiger partial charge in [0.2, 0.25) is 10.0 Å². The van der Waals surface area contributed by atoms with Crippen molar-refractivity contribution >= 4 is 27.0 Å². The Morgan fingerprint density at radius 1 is 1.44 bits per heavy atom. The summed E-state index contributed by atoms with van der Waals surface area (Å²) in [5, 5.41) is 11.0. The number of rotatable bonds is 7. The molecule has 0 aliphatic carbocycles. The molecule has 0 saturated heterocycles. The normalized spacial score (nSPS) is 12.8. The van der Waals surface area contributed by atoms with Crippen LogP contribution in [0.1, 0.15) is 26.7 Å². The molecule has 0 radical (unpaired) electrons. The molecule has 18 heavy (non-hydrogen) atoms. The first-order valence-corrected chi connectivity index (χ1v) is 8.20. The highest BCUT2D eigenvalue weighted by Gasteiger charge is 2.28. The number of thiophene rings is 1. The average Bonchev–Trinajstić information content (AvgIpc) is 2.79. The van der Waals surface area contributed by atoms with E-state index >= 15 is 0 Å². The summed E-state index contributed by atoms with van der Waals surface area (Å²) < 4.78 is 26.8. The van der Waals surface area contributed by atoms with Gasteiger partial charge in [0, 0.05) is 29.6 Å². The molecule has 1 aromatic rings. The highest BCUT2D eigenvalue weighted by atomic mass is 32.2. The number of hydrogen-bond acceptors (Lipinski definition) is 5. The van der Waals surface area contributed by atoms with Gasteiger partial charge in [-0.05, 0) is 18.9 Å². The summed E-state index contributed by atoms with van der Waals surface area (Å²) >= 11 is 1.09. The van der Waals surface area contributed by atoms with Crippen LogP contribution >= 0.6 is 11.3 Å². The largest absolute Gasteiger partial charge is 0.398 e. The Labute approximate surface area is 112 Å². The van der Waals surface area contributed by atoms with Gasteiger partial charge in [-0.25, -0.2) is 13.1 Å². The van der Waals surface area contributed by atoms with Gasteiger partial charge in [0.05, 0.1) is 0 Å². The van der Waals surface area contributed by atoms with Crippen molar-refractivity contribution in [2.45, 2.75) is 30.9 Å². The molecule has 1 heterocycles. The van der Waals surface area contributed by atoms with E-state index in [4.69, 9.17) is 5.73 Å². The minimum absolute atomic E-state index is 0.0326. The minimum Gasteiger partial charge on any atom is -0.398 e. The molecular formula is C11H20N2O3S2. The fourth-order valence-corrected chi connectivity index (χ4v) is 3.85. The van der Waals surface area contributed by atoms with Gasteiger partial charge in [0.25, 0.3) is 0 Å². The Kier molecular flexibility index (Phi) is 5.15. The van der Waals surface area contributed by atoms with E-state index in [1.165, 1.54) is 6.07 Å². The minimum atomic E-state index is -3.53. The molecule has 104 valence electrons. The molecule has 0 fully saturated rings. The van der Waals surface area contributed by atoms with Crippen LogP contribution in [0.5, 0.6) is 0 Å². The maximum absolute atomic E-state index is 12.0. The summed E-state index contributed by atoms with van der Waals surface area (Å²) in [6.45, 7) is 4.08. The van der Waals surface area contributed by atoms with Gasteiger partial charge in [-0.2, -0.15) is 0 Å². The summed E-state index contributed by atoms with van der Waals surface area (Å²) in [6, 6.07) is 1.44. The van der Waals surface area contributed by atoms with Crippen LogP contribution in [0.15, 0.2) is 15.7 Å². The zero-order valence-corrected chi connectivity index (χ0v) is 12.3. The van der Waals surface area contributed by atoms with Gasteiger partial charge < -0.3 is 10.8 Å². The molecule has 0 aliphatic rings. The van der Waals surface area contributed by atoms with Crippen molar-refractivity contribution in [2.75, 3.05) is 18.9 Å². The Morgan fingerprint density at radius 3 is 2.44 bits per heavy atom. The molecule has 4 N–H and O–H groups in total. The predicted octanol–water partition coefficient (Wildman–Crippen LogP) is 1.41. The second kappa shape index (κ2) is 6.01. The summed E-state index contributed by atoms with van der Waals surface area (Å²) in [5.74, 6) is 0. The summed E-state index contributed by atoms with van der Waals surface area (Å²) in [7, 11) is -3.53. The van der Waals surface area contributed by atoms with Crippen molar-refractivity contribution in [1.82, 2.24) is 4.72 Å². The summed E-state index contributed by atoms with van der Waals surface area (Å²) in [6.07, 6.45) is 1.43. The number of aliphatic hydroxyl groups excluding tert-OH is 1. The van der Waals surface area contributed by atoms with Crippen LogP contribution < -0.4 is 10.5 Å². The fraction of sp³-hybridized carbons (Fsp3) is 0.636. The average molecular weight is 292 g/mol. The standard InChI is InChI=1S/C11H20N2O3S2/c1-3-11(4-2,8-14)7-13-18(15,16)10-5-9(12)6-17-10/h5-6,13-14H,3-4,7-8,12H2,1-2H3. The Bertz CT molecular complexity index is 470. The number of aliphatic hydroxyl groups is 1. The van der Waals surface area contributed by atoms with Crippen molar-refractivity contribution < 1.29 is 13.5 Å². The molecule has 7 heteroatoms. The second-order valence-corrected chi connectivity index (χ2v) is 7.29. The predicted molar refractivity (Wildman–Crippen MR) is 74.0 cm³/mol. The molecule has 0 saturated carbocycles. The highest BCUT2D eigenvalue weighted by Crippen LogP contribution is 2.26. The first-order valence-electron chi connectivity index (χ1n) is 5.83. The van der Waals surface area contributed by atoms with Crippen molar-refractivity contribution in [3.8, 4) is 0 Å². The molecule has 1 aromatic heterocycles. The molecule has 0 amide bonds. The number of nitrogens with one attached hydrogen (secondary N) is 1. The van der Waals surface area contributed by atoms with Crippen LogP contribution in [0.3, 0.4) is 0 Å². The summed E-state index contributed by atoms with van der Waals surface area (Å²) in [5.41, 5.74) is 5.57. The number of hydrogen-bond donors (Lipinski definition) is 3. The molecule has 0 bridgehead atoms. The van der Waals surface area contributed by atoms with E-state index in [0.717, 1.165) is 24.2 Å². The van der Waals surface area contributed by atoms with E-state index in [-0.39, 0.29) is 17.4 Å². The van der Waals surface area contributed by atoms with E-state index < -0.39 is 15.4 Å². The van der Waals surface area contributed by atoms with Crippen LogP contribution in [0, 0.1) is 5.41 Å². The lowest BCUT2D eigenvalue weighted by molar-refractivity contribution is 0.119. The van der Waals surface area contributed by atoms with Gasteiger partial charge >= 0.3 is 0 Å². The highest BCUT2D eigenvalue weighted by molar-refractivity contribution is 7.91. The van der Waals surface area contributed by atoms with Gasteiger partial charge in [0.1, 0.15) is 4.21 Å². The number of nitrogen functional groups attached to an aromatic ring is 1. The SMILES string of the molecule is CCC(CC)(CO)CNS(=O)(=O)c1cc(N)cs1. The van der Waals surface area contributed by atoms with Gasteiger partial charge in [0.15, 0.2) is 0 Å². The van der Waals surface area contributed by atoms with Crippen molar-refractivity contribution in [3.05, 3.63) is 11.4 Å². The quantitative estimate of drug-likeness (QED) is 0.708. The zero-order valence-electron chi connectivity index (χ0n) is 10.6. The zero-order chi connectivity index (χ0) is 13.8. The van der Waals surface area contributed by atoms with Gasteiger partial charge in [-0.15, -0.1) is 11.3 Å². The smallest absolute Gasteiger partial charge is 0.250 e. The number of sulfonamides is 1. The Balaban J connectivity index is 2.79. The van der Waals surface area contributed by atoms with E-state index in [1.807, 2.05) is 13.8 Å². The van der Waals surface area contributed by atoms with E-state index in [2.05, 4.69) is 4.72 Å². The van der Waals surface area contributed by atoms with E-state index in [0.29, 0.717) is 5.69 Å². The lowest BCUT2D eigenvalue weighted by atomic mass is 9.84. The lowest BCUT2D eigenvalue weighted by Gasteiger charge is -2.29. The number of nitrogens with two attached hydrogens (primary N) is 1. The van der Waals surface area contributed by atoms with Crippen molar-refractivity contribution in [1.29, 1.82) is 0 Å². The molecule has 5 nitrogen and oxygen atoms in total. The van der Waals surface area contributed by atoms with Gasteiger partial charge in [-0.3, -0.25) is 0 Å². The maximum atomic E-state index is 12.0. The summed E-state index contributed by atoms with van der Waals surface area (Å²) in [4.78, 5) is 0. The van der Waals surface area contributed by atoms with E-state index in [1.54, 1.807) is 5.38 Å². The molecule has 1 rings (SSSR count). The van der Waals surface area contributed by atoms with Crippen molar-refractivity contribution in [3.63, 3.8) is 0 Å². The third-order valence-electron chi connectivity index (χ3n) is 3.33. The van der Waals surface area contributed by atoms with Crippen LogP contribution in [-0.2, 0) is 10.0 Å². The topological polar surface area (TPSA) is 92.4 Å². The first kappa shape index (κ1) is 15.4. The van der Waals surface area contributed by atoms with E-state index in [9.17, 15) is 13.5 Å². The Morgan fingerprint density at radius 2 is 2.06 bits per heavy atom. The van der Waals surface area contributed by atoms with Gasteiger partial charge in [-0.1, -0.05) is 13.8 Å². The monoisotopic (exact) mass is 292 g/mol. The van der Waals surface area contributed by atoms with Crippen LogP contribution in [0.25, 0.3) is 0 Å². The molecule has 0 aromatic carbocycles.